The van der Waals surface area contributed by atoms with E-state index in [9.17, 15) is 17.4 Å². The van der Waals surface area contributed by atoms with E-state index < -0.39 is 26.7 Å². The van der Waals surface area contributed by atoms with Crippen molar-refractivity contribution in [3.8, 4) is 0 Å². The Morgan fingerprint density at radius 2 is 2.16 bits per heavy atom. The first-order valence-electron chi connectivity index (χ1n) is 5.45. The van der Waals surface area contributed by atoms with Gasteiger partial charge >= 0.3 is 0 Å². The van der Waals surface area contributed by atoms with Gasteiger partial charge in [-0.3, -0.25) is 14.1 Å². The number of hydrogen-bond donors (Lipinski definition) is 3. The number of carbonyl (C=O) groups is 1. The van der Waals surface area contributed by atoms with E-state index in [0.717, 1.165) is 0 Å². The number of sulfonamides is 1. The Hall–Kier alpha value is -1.26. The summed E-state index contributed by atoms with van der Waals surface area (Å²) < 4.78 is 33.8. The van der Waals surface area contributed by atoms with Crippen LogP contribution in [-0.4, -0.2) is 47.3 Å². The highest BCUT2D eigenvalue weighted by molar-refractivity contribution is 7.89. The Labute approximate surface area is 113 Å². The molecule has 1 aromatic rings. The summed E-state index contributed by atoms with van der Waals surface area (Å²) in [6.45, 7) is 1.88. The maximum Gasteiger partial charge on any atom is 0.273 e. The number of hydrogen-bond acceptors (Lipinski definition) is 5. The van der Waals surface area contributed by atoms with Crippen molar-refractivity contribution in [1.29, 1.82) is 0 Å². The molecule has 0 aliphatic heterocycles. The van der Waals surface area contributed by atoms with Gasteiger partial charge in [-0.2, -0.15) is 5.10 Å². The zero-order valence-electron chi connectivity index (χ0n) is 10.6. The number of nitrogens with two attached hydrogens (primary N) is 1. The van der Waals surface area contributed by atoms with Gasteiger partial charge in [-0.15, -0.1) is 0 Å². The van der Waals surface area contributed by atoms with Crippen LogP contribution in [0.25, 0.3) is 0 Å². The second-order valence-corrected chi connectivity index (χ2v) is 6.86. The molecule has 1 rings (SSSR count). The second kappa shape index (κ2) is 6.26. The maximum absolute atomic E-state index is 11.8. The lowest BCUT2D eigenvalue weighted by Crippen LogP contribution is -2.30. The first-order chi connectivity index (χ1) is 8.77. The lowest BCUT2D eigenvalue weighted by molar-refractivity contribution is 0.0948. The van der Waals surface area contributed by atoms with Crippen LogP contribution in [0.2, 0.25) is 0 Å². The molecule has 0 aliphatic rings. The van der Waals surface area contributed by atoms with Crippen molar-refractivity contribution in [3.05, 3.63) is 11.4 Å². The van der Waals surface area contributed by atoms with Crippen molar-refractivity contribution in [2.45, 2.75) is 18.2 Å². The molecule has 4 N–H and O–H groups in total. The monoisotopic (exact) mass is 308 g/mol. The van der Waals surface area contributed by atoms with Crippen molar-refractivity contribution < 1.29 is 17.4 Å². The molecule has 0 aromatic carbocycles. The normalized spacial score (nSPS) is 13.2. The zero-order chi connectivity index (χ0) is 14.6. The van der Waals surface area contributed by atoms with Gasteiger partial charge in [-0.05, 0) is 6.42 Å². The van der Waals surface area contributed by atoms with Crippen LogP contribution in [0.5, 0.6) is 0 Å². The number of H-pyrrole nitrogens is 1. The van der Waals surface area contributed by atoms with Crippen molar-refractivity contribution in [3.63, 3.8) is 0 Å². The lowest BCUT2D eigenvalue weighted by Gasteiger charge is -2.04. The third-order valence-corrected chi connectivity index (χ3v) is 4.11. The average Bonchev–Trinajstić information content (AvgIpc) is 2.71. The number of amides is 1. The van der Waals surface area contributed by atoms with Gasteiger partial charge in [0.2, 0.25) is 10.0 Å². The van der Waals surface area contributed by atoms with Gasteiger partial charge in [0.1, 0.15) is 4.90 Å². The predicted molar refractivity (Wildman–Crippen MR) is 70.6 cm³/mol. The van der Waals surface area contributed by atoms with Crippen LogP contribution in [0, 0.1) is 0 Å². The topological polar surface area (TPSA) is 135 Å². The molecule has 1 heterocycles. The second-order valence-electron chi connectivity index (χ2n) is 3.81. The number of nitrogens with one attached hydrogen (secondary N) is 2. The molecular weight excluding hydrogens is 292 g/mol. The van der Waals surface area contributed by atoms with E-state index in [0.29, 0.717) is 6.42 Å². The quantitative estimate of drug-likeness (QED) is 0.602. The highest BCUT2D eigenvalue weighted by Gasteiger charge is 2.26. The molecule has 0 saturated carbocycles. The fraction of sp³-hybridized carbons (Fsp3) is 0.556. The van der Waals surface area contributed by atoms with Crippen LogP contribution in [0.15, 0.2) is 4.90 Å². The van der Waals surface area contributed by atoms with Crippen LogP contribution >= 0.6 is 0 Å². The molecule has 0 spiro atoms. The van der Waals surface area contributed by atoms with E-state index >= 15 is 0 Å². The first kappa shape index (κ1) is 15.8. The summed E-state index contributed by atoms with van der Waals surface area (Å²) in [5.74, 6) is -0.382. The number of carbonyl (C=O) groups excluding carboxylic acids is 1. The summed E-state index contributed by atoms with van der Waals surface area (Å²) in [5.41, 5.74) is 0.0213. The first-order valence-corrected chi connectivity index (χ1v) is 8.73. The SMILES string of the molecule is CCc1[nH]nc(C(=O)NCCS(C)=O)c1S(N)(=O)=O. The molecular formula is C9H16N4O4S2. The Balaban J connectivity index is 2.98. The molecule has 0 radical (unpaired) electrons. The highest BCUT2D eigenvalue weighted by Crippen LogP contribution is 2.17. The van der Waals surface area contributed by atoms with E-state index in [4.69, 9.17) is 5.14 Å². The third-order valence-electron chi connectivity index (χ3n) is 2.32. The Bertz CT molecular complexity index is 593. The van der Waals surface area contributed by atoms with Gasteiger partial charge in [-0.1, -0.05) is 6.92 Å². The van der Waals surface area contributed by atoms with Crippen LogP contribution < -0.4 is 10.5 Å². The summed E-state index contributed by atoms with van der Waals surface area (Å²) in [5, 5.41) is 13.7. The number of rotatable bonds is 6. The Morgan fingerprint density at radius 3 is 2.63 bits per heavy atom. The summed E-state index contributed by atoms with van der Waals surface area (Å²) in [4.78, 5) is 11.5. The molecule has 0 saturated heterocycles. The van der Waals surface area contributed by atoms with E-state index in [1.54, 1.807) is 6.92 Å². The van der Waals surface area contributed by atoms with Gasteiger partial charge in [0.25, 0.3) is 5.91 Å². The summed E-state index contributed by atoms with van der Waals surface area (Å²) in [7, 11) is -5.08. The van der Waals surface area contributed by atoms with Gasteiger partial charge in [0, 0.05) is 29.4 Å². The minimum absolute atomic E-state index is 0.167. The standard InChI is InChI=1S/C9H16N4O4S2/c1-3-6-8(19(10,16)17)7(13-12-6)9(14)11-4-5-18(2)15/h3-5H2,1-2H3,(H,11,14)(H,12,13)(H2,10,16,17). The fourth-order valence-electron chi connectivity index (χ4n) is 1.46. The molecule has 1 unspecified atom stereocenters. The average molecular weight is 308 g/mol. The molecule has 10 heteroatoms. The largest absolute Gasteiger partial charge is 0.350 e. The number of aromatic nitrogens is 2. The van der Waals surface area contributed by atoms with Crippen molar-refractivity contribution in [2.24, 2.45) is 5.14 Å². The Kier molecular flexibility index (Phi) is 5.20. The summed E-state index contributed by atoms with van der Waals surface area (Å²) in [6.07, 6.45) is 1.86. The molecule has 19 heavy (non-hydrogen) atoms. The van der Waals surface area contributed by atoms with Crippen LogP contribution in [0.3, 0.4) is 0 Å². The number of primary sulfonamides is 1. The minimum Gasteiger partial charge on any atom is -0.350 e. The van der Waals surface area contributed by atoms with Gasteiger partial charge in [-0.25, -0.2) is 13.6 Å². The molecule has 0 fully saturated rings. The van der Waals surface area contributed by atoms with Crippen LogP contribution in [-0.2, 0) is 27.2 Å². The van der Waals surface area contributed by atoms with Crippen LogP contribution in [0.1, 0.15) is 23.1 Å². The van der Waals surface area contributed by atoms with E-state index in [2.05, 4.69) is 15.5 Å². The Morgan fingerprint density at radius 1 is 1.53 bits per heavy atom. The lowest BCUT2D eigenvalue weighted by atomic mass is 10.3. The maximum atomic E-state index is 11.8. The van der Waals surface area contributed by atoms with Gasteiger partial charge < -0.3 is 5.32 Å². The van der Waals surface area contributed by atoms with Crippen molar-refractivity contribution in [2.75, 3.05) is 18.6 Å². The minimum atomic E-state index is -4.03. The highest BCUT2D eigenvalue weighted by atomic mass is 32.2. The predicted octanol–water partition coefficient (Wildman–Crippen LogP) is -1.27. The molecule has 108 valence electrons. The molecule has 8 nitrogen and oxygen atoms in total. The smallest absolute Gasteiger partial charge is 0.273 e. The number of aromatic amines is 1. The van der Waals surface area contributed by atoms with E-state index in [1.165, 1.54) is 6.26 Å². The zero-order valence-corrected chi connectivity index (χ0v) is 12.2. The molecule has 1 amide bonds. The van der Waals surface area contributed by atoms with E-state index in [1.807, 2.05) is 0 Å². The van der Waals surface area contributed by atoms with Gasteiger partial charge in [0.15, 0.2) is 5.69 Å². The molecule has 0 bridgehead atoms. The molecule has 1 aromatic heterocycles. The molecule has 1 atom stereocenters. The fourth-order valence-corrected chi connectivity index (χ4v) is 2.79. The van der Waals surface area contributed by atoms with E-state index in [-0.39, 0.29) is 28.6 Å². The van der Waals surface area contributed by atoms with Gasteiger partial charge in [0.05, 0.1) is 5.69 Å². The van der Waals surface area contributed by atoms with Crippen molar-refractivity contribution in [1.82, 2.24) is 15.5 Å². The van der Waals surface area contributed by atoms with Crippen molar-refractivity contribution >= 4 is 26.7 Å². The number of nitrogens with zero attached hydrogens (tertiary/aromatic N) is 1. The summed E-state index contributed by atoms with van der Waals surface area (Å²) >= 11 is 0. The summed E-state index contributed by atoms with van der Waals surface area (Å²) in [6, 6.07) is 0. The molecule has 0 aliphatic carbocycles. The number of aryl methyl sites for hydroxylation is 1. The third kappa shape index (κ3) is 4.11. The van der Waals surface area contributed by atoms with Crippen LogP contribution in [0.4, 0.5) is 0 Å².